The van der Waals surface area contributed by atoms with Crippen LogP contribution in [0, 0.1) is 0 Å². The second-order valence-corrected chi connectivity index (χ2v) is 5.70. The van der Waals surface area contributed by atoms with Gasteiger partial charge in [0.25, 0.3) is 0 Å². The van der Waals surface area contributed by atoms with Gasteiger partial charge in [0.2, 0.25) is 0 Å². The SMILES string of the molecule is CC(C(O)c1ccc2c(c1)OCCO2)[N+](C)(C)C. The highest BCUT2D eigenvalue weighted by molar-refractivity contribution is 5.44. The summed E-state index contributed by atoms with van der Waals surface area (Å²) in [6, 6.07) is 5.76. The third kappa shape index (κ3) is 2.60. The summed E-state index contributed by atoms with van der Waals surface area (Å²) in [7, 11) is 6.23. The highest BCUT2D eigenvalue weighted by atomic mass is 16.6. The molecular formula is C14H22NO3+. The lowest BCUT2D eigenvalue weighted by Gasteiger charge is -2.35. The molecule has 2 rings (SSSR count). The van der Waals surface area contributed by atoms with E-state index in [0.29, 0.717) is 17.7 Å². The minimum atomic E-state index is -0.513. The molecule has 0 spiro atoms. The maximum absolute atomic E-state index is 10.4. The Labute approximate surface area is 108 Å². The van der Waals surface area contributed by atoms with Crippen LogP contribution in [0.5, 0.6) is 11.5 Å². The highest BCUT2D eigenvalue weighted by Crippen LogP contribution is 2.34. The zero-order valence-electron chi connectivity index (χ0n) is 11.5. The molecule has 0 amide bonds. The van der Waals surface area contributed by atoms with Crippen LogP contribution in [-0.4, -0.2) is 50.0 Å². The Hall–Kier alpha value is -1.26. The molecule has 0 saturated carbocycles. The Bertz CT molecular complexity index is 426. The quantitative estimate of drug-likeness (QED) is 0.830. The molecule has 1 heterocycles. The summed E-state index contributed by atoms with van der Waals surface area (Å²) in [4.78, 5) is 0. The number of aliphatic hydroxyl groups is 1. The zero-order valence-corrected chi connectivity index (χ0v) is 11.5. The molecule has 18 heavy (non-hydrogen) atoms. The van der Waals surface area contributed by atoms with E-state index in [1.807, 2.05) is 25.1 Å². The van der Waals surface area contributed by atoms with Gasteiger partial charge in [0.1, 0.15) is 25.4 Å². The predicted molar refractivity (Wildman–Crippen MR) is 69.9 cm³/mol. The van der Waals surface area contributed by atoms with E-state index in [1.165, 1.54) is 0 Å². The van der Waals surface area contributed by atoms with Crippen LogP contribution in [0.1, 0.15) is 18.6 Å². The standard InChI is InChI=1S/C14H22NO3/c1-10(15(2,3)4)14(16)11-5-6-12-13(9-11)18-8-7-17-12/h5-6,9-10,14,16H,7-8H2,1-4H3/q+1. The molecule has 0 saturated heterocycles. The third-order valence-corrected chi connectivity index (χ3v) is 3.59. The number of hydrogen-bond donors (Lipinski definition) is 1. The van der Waals surface area contributed by atoms with Crippen molar-refractivity contribution in [1.82, 2.24) is 0 Å². The Morgan fingerprint density at radius 3 is 2.33 bits per heavy atom. The number of fused-ring (bicyclic) bond motifs is 1. The molecule has 0 aromatic heterocycles. The van der Waals surface area contributed by atoms with Crippen molar-refractivity contribution < 1.29 is 19.1 Å². The van der Waals surface area contributed by atoms with Crippen LogP contribution in [-0.2, 0) is 0 Å². The number of nitrogens with zero attached hydrogens (tertiary/aromatic N) is 1. The maximum atomic E-state index is 10.4. The lowest BCUT2D eigenvalue weighted by atomic mass is 10.0. The summed E-state index contributed by atoms with van der Waals surface area (Å²) in [6.07, 6.45) is -0.513. The van der Waals surface area contributed by atoms with E-state index in [9.17, 15) is 5.11 Å². The van der Waals surface area contributed by atoms with Crippen molar-refractivity contribution in [2.75, 3.05) is 34.4 Å². The third-order valence-electron chi connectivity index (χ3n) is 3.59. The molecule has 1 aromatic rings. The van der Waals surface area contributed by atoms with Gasteiger partial charge in [0.05, 0.1) is 21.1 Å². The average Bonchev–Trinajstić information content (AvgIpc) is 2.35. The summed E-state index contributed by atoms with van der Waals surface area (Å²) < 4.78 is 11.7. The number of aliphatic hydroxyl groups excluding tert-OH is 1. The number of likely N-dealkylation sites (N-methyl/N-ethyl adjacent to an activating group) is 1. The fraction of sp³-hybridized carbons (Fsp3) is 0.571. The van der Waals surface area contributed by atoms with Crippen molar-refractivity contribution in [3.05, 3.63) is 23.8 Å². The second kappa shape index (κ2) is 4.78. The molecule has 1 aliphatic heterocycles. The Balaban J connectivity index is 2.23. The number of rotatable bonds is 3. The second-order valence-electron chi connectivity index (χ2n) is 5.70. The average molecular weight is 252 g/mol. The van der Waals surface area contributed by atoms with E-state index < -0.39 is 6.10 Å². The van der Waals surface area contributed by atoms with Crippen molar-refractivity contribution in [3.8, 4) is 11.5 Å². The van der Waals surface area contributed by atoms with Crippen LogP contribution in [0.15, 0.2) is 18.2 Å². The van der Waals surface area contributed by atoms with Crippen molar-refractivity contribution in [2.24, 2.45) is 0 Å². The summed E-state index contributed by atoms with van der Waals surface area (Å²) in [5.41, 5.74) is 0.875. The molecule has 0 fully saturated rings. The topological polar surface area (TPSA) is 38.7 Å². The lowest BCUT2D eigenvalue weighted by molar-refractivity contribution is -0.898. The smallest absolute Gasteiger partial charge is 0.161 e. The van der Waals surface area contributed by atoms with Gasteiger partial charge in [-0.1, -0.05) is 6.07 Å². The van der Waals surface area contributed by atoms with Gasteiger partial charge in [-0.05, 0) is 24.6 Å². The summed E-state index contributed by atoms with van der Waals surface area (Å²) >= 11 is 0. The van der Waals surface area contributed by atoms with Crippen LogP contribution in [0.3, 0.4) is 0 Å². The van der Waals surface area contributed by atoms with Crippen LogP contribution in [0.25, 0.3) is 0 Å². The van der Waals surface area contributed by atoms with Crippen LogP contribution in [0.2, 0.25) is 0 Å². The molecule has 2 atom stereocenters. The summed E-state index contributed by atoms with van der Waals surface area (Å²) in [5, 5.41) is 10.4. The van der Waals surface area contributed by atoms with E-state index in [1.54, 1.807) is 0 Å². The van der Waals surface area contributed by atoms with E-state index >= 15 is 0 Å². The van der Waals surface area contributed by atoms with Gasteiger partial charge in [0, 0.05) is 0 Å². The molecule has 2 unspecified atom stereocenters. The lowest BCUT2D eigenvalue weighted by Crippen LogP contribution is -2.46. The van der Waals surface area contributed by atoms with E-state index in [0.717, 1.165) is 17.1 Å². The first-order valence-corrected chi connectivity index (χ1v) is 6.28. The first-order chi connectivity index (χ1) is 8.39. The minimum absolute atomic E-state index is 0.104. The molecule has 1 aromatic carbocycles. The fourth-order valence-electron chi connectivity index (χ4n) is 1.95. The molecule has 100 valence electrons. The van der Waals surface area contributed by atoms with Gasteiger partial charge < -0.3 is 19.1 Å². The Morgan fingerprint density at radius 1 is 1.11 bits per heavy atom. The molecule has 1 N–H and O–H groups in total. The number of ether oxygens (including phenoxy) is 2. The Morgan fingerprint density at radius 2 is 1.72 bits per heavy atom. The van der Waals surface area contributed by atoms with Crippen molar-refractivity contribution in [2.45, 2.75) is 19.1 Å². The van der Waals surface area contributed by atoms with E-state index in [-0.39, 0.29) is 6.04 Å². The highest BCUT2D eigenvalue weighted by Gasteiger charge is 2.28. The van der Waals surface area contributed by atoms with E-state index in [4.69, 9.17) is 9.47 Å². The van der Waals surface area contributed by atoms with Gasteiger partial charge in [-0.3, -0.25) is 0 Å². The van der Waals surface area contributed by atoms with Crippen LogP contribution in [0.4, 0.5) is 0 Å². The van der Waals surface area contributed by atoms with Crippen LogP contribution >= 0.6 is 0 Å². The van der Waals surface area contributed by atoms with Gasteiger partial charge >= 0.3 is 0 Å². The number of quaternary nitrogens is 1. The monoisotopic (exact) mass is 252 g/mol. The Kier molecular flexibility index (Phi) is 3.50. The molecule has 0 bridgehead atoms. The molecular weight excluding hydrogens is 230 g/mol. The van der Waals surface area contributed by atoms with Gasteiger partial charge in [-0.25, -0.2) is 0 Å². The molecule has 0 radical (unpaired) electrons. The normalized spacial score (nSPS) is 18.3. The van der Waals surface area contributed by atoms with Gasteiger partial charge in [0.15, 0.2) is 11.5 Å². The van der Waals surface area contributed by atoms with E-state index in [2.05, 4.69) is 21.1 Å². The molecule has 4 nitrogen and oxygen atoms in total. The first kappa shape index (κ1) is 13.2. The molecule has 0 aliphatic carbocycles. The van der Waals surface area contributed by atoms with Crippen LogP contribution < -0.4 is 9.47 Å². The van der Waals surface area contributed by atoms with Crippen molar-refractivity contribution in [3.63, 3.8) is 0 Å². The minimum Gasteiger partial charge on any atom is -0.486 e. The predicted octanol–water partition coefficient (Wildman–Crippen LogP) is 1.59. The maximum Gasteiger partial charge on any atom is 0.161 e. The van der Waals surface area contributed by atoms with Crippen molar-refractivity contribution in [1.29, 1.82) is 0 Å². The zero-order chi connectivity index (χ0) is 13.3. The summed E-state index contributed by atoms with van der Waals surface area (Å²) in [5.74, 6) is 1.49. The molecule has 1 aliphatic rings. The first-order valence-electron chi connectivity index (χ1n) is 6.28. The largest absolute Gasteiger partial charge is 0.486 e. The van der Waals surface area contributed by atoms with Gasteiger partial charge in [-0.2, -0.15) is 0 Å². The number of benzene rings is 1. The summed E-state index contributed by atoms with van der Waals surface area (Å²) in [6.45, 7) is 3.20. The molecule has 4 heteroatoms. The number of hydrogen-bond acceptors (Lipinski definition) is 3. The fourth-order valence-corrected chi connectivity index (χ4v) is 1.95. The van der Waals surface area contributed by atoms with Gasteiger partial charge in [-0.15, -0.1) is 0 Å². The van der Waals surface area contributed by atoms with Crippen molar-refractivity contribution >= 4 is 0 Å².